The number of benzene rings is 1. The van der Waals surface area contributed by atoms with Crippen LogP contribution in [0.3, 0.4) is 0 Å². The van der Waals surface area contributed by atoms with Crippen LogP contribution in [0.2, 0.25) is 0 Å². The highest BCUT2D eigenvalue weighted by Gasteiger charge is 2.01. The minimum absolute atomic E-state index is 0.280. The van der Waals surface area contributed by atoms with E-state index < -0.39 is 0 Å². The molecule has 0 aliphatic heterocycles. The number of nitrogens with one attached hydrogen (secondary N) is 1. The fourth-order valence-corrected chi connectivity index (χ4v) is 1.51. The molecular formula is C11H10BrNO. The molecule has 1 rings (SSSR count). The Morgan fingerprint density at radius 2 is 2.21 bits per heavy atom. The Morgan fingerprint density at radius 1 is 1.50 bits per heavy atom. The first kappa shape index (κ1) is 10.8. The van der Waals surface area contributed by atoms with Crippen LogP contribution in [0.4, 0.5) is 5.69 Å². The standard InChI is InChI=1S/C11H10BrNO/c1-3-4-11(14)13-10-6-5-9(12)7-8(10)2/h5-7H,1-2H3,(H,13,14). The third-order valence-electron chi connectivity index (χ3n) is 1.68. The van der Waals surface area contributed by atoms with E-state index in [1.165, 1.54) is 0 Å². The van der Waals surface area contributed by atoms with Crippen LogP contribution < -0.4 is 5.32 Å². The Balaban J connectivity index is 2.85. The predicted octanol–water partition coefficient (Wildman–Crippen LogP) is 2.72. The molecule has 0 fully saturated rings. The van der Waals surface area contributed by atoms with E-state index in [0.29, 0.717) is 0 Å². The molecule has 2 nitrogen and oxygen atoms in total. The Bertz CT molecular complexity index is 415. The average Bonchev–Trinajstić information content (AvgIpc) is 2.10. The average molecular weight is 252 g/mol. The quantitative estimate of drug-likeness (QED) is 0.765. The van der Waals surface area contributed by atoms with Crippen LogP contribution in [0.1, 0.15) is 12.5 Å². The summed E-state index contributed by atoms with van der Waals surface area (Å²) in [4.78, 5) is 11.2. The van der Waals surface area contributed by atoms with Crippen molar-refractivity contribution in [2.45, 2.75) is 13.8 Å². The maximum Gasteiger partial charge on any atom is 0.300 e. The number of anilines is 1. The van der Waals surface area contributed by atoms with E-state index in [9.17, 15) is 4.79 Å². The summed E-state index contributed by atoms with van der Waals surface area (Å²) in [6.07, 6.45) is 0. The molecule has 0 aliphatic carbocycles. The van der Waals surface area contributed by atoms with Crippen LogP contribution in [0, 0.1) is 18.8 Å². The van der Waals surface area contributed by atoms with Gasteiger partial charge in [-0.05, 0) is 43.5 Å². The number of amides is 1. The van der Waals surface area contributed by atoms with Gasteiger partial charge in [0.2, 0.25) is 0 Å². The maximum atomic E-state index is 11.2. The first-order valence-electron chi connectivity index (χ1n) is 4.13. The lowest BCUT2D eigenvalue weighted by atomic mass is 10.2. The van der Waals surface area contributed by atoms with E-state index in [-0.39, 0.29) is 5.91 Å². The van der Waals surface area contributed by atoms with Gasteiger partial charge in [0.05, 0.1) is 0 Å². The number of rotatable bonds is 1. The topological polar surface area (TPSA) is 29.1 Å². The van der Waals surface area contributed by atoms with E-state index in [1.807, 2.05) is 25.1 Å². The Morgan fingerprint density at radius 3 is 2.79 bits per heavy atom. The first-order valence-corrected chi connectivity index (χ1v) is 4.92. The monoisotopic (exact) mass is 251 g/mol. The second kappa shape index (κ2) is 4.83. The SMILES string of the molecule is CC#CC(=O)Nc1ccc(Br)cc1C. The molecule has 0 saturated heterocycles. The molecule has 0 aromatic heterocycles. The predicted molar refractivity (Wildman–Crippen MR) is 61.0 cm³/mol. The van der Waals surface area contributed by atoms with Gasteiger partial charge in [-0.2, -0.15) is 0 Å². The van der Waals surface area contributed by atoms with Crippen molar-refractivity contribution in [1.29, 1.82) is 0 Å². The minimum atomic E-state index is -0.280. The van der Waals surface area contributed by atoms with Gasteiger partial charge in [0.25, 0.3) is 5.91 Å². The Hall–Kier alpha value is -1.27. The van der Waals surface area contributed by atoms with Crippen LogP contribution in [0.5, 0.6) is 0 Å². The molecule has 14 heavy (non-hydrogen) atoms. The highest BCUT2D eigenvalue weighted by Crippen LogP contribution is 2.19. The maximum absolute atomic E-state index is 11.2. The highest BCUT2D eigenvalue weighted by atomic mass is 79.9. The summed E-state index contributed by atoms with van der Waals surface area (Å²) in [6.45, 7) is 3.56. The summed E-state index contributed by atoms with van der Waals surface area (Å²) >= 11 is 3.35. The highest BCUT2D eigenvalue weighted by molar-refractivity contribution is 9.10. The summed E-state index contributed by atoms with van der Waals surface area (Å²) in [7, 11) is 0. The summed E-state index contributed by atoms with van der Waals surface area (Å²) in [5, 5.41) is 2.70. The summed E-state index contributed by atoms with van der Waals surface area (Å²) < 4.78 is 0.995. The van der Waals surface area contributed by atoms with Gasteiger partial charge < -0.3 is 5.32 Å². The molecule has 1 aromatic carbocycles. The van der Waals surface area contributed by atoms with Crippen molar-refractivity contribution in [1.82, 2.24) is 0 Å². The number of halogens is 1. The number of carbonyl (C=O) groups excluding carboxylic acids is 1. The lowest BCUT2D eigenvalue weighted by Crippen LogP contribution is -2.09. The number of hydrogen-bond donors (Lipinski definition) is 1. The van der Waals surface area contributed by atoms with Crippen molar-refractivity contribution in [2.24, 2.45) is 0 Å². The second-order valence-electron chi connectivity index (χ2n) is 2.79. The molecule has 1 amide bonds. The van der Waals surface area contributed by atoms with Gasteiger partial charge in [0.1, 0.15) is 0 Å². The number of carbonyl (C=O) groups is 1. The zero-order chi connectivity index (χ0) is 10.6. The fourth-order valence-electron chi connectivity index (χ4n) is 1.03. The molecule has 0 radical (unpaired) electrons. The lowest BCUT2D eigenvalue weighted by molar-refractivity contribution is -0.111. The number of aryl methyl sites for hydroxylation is 1. The van der Waals surface area contributed by atoms with Crippen molar-refractivity contribution in [3.05, 3.63) is 28.2 Å². The van der Waals surface area contributed by atoms with Crippen LogP contribution >= 0.6 is 15.9 Å². The zero-order valence-corrected chi connectivity index (χ0v) is 9.60. The van der Waals surface area contributed by atoms with Crippen molar-refractivity contribution >= 4 is 27.5 Å². The van der Waals surface area contributed by atoms with E-state index in [4.69, 9.17) is 0 Å². The van der Waals surface area contributed by atoms with E-state index >= 15 is 0 Å². The molecule has 0 aliphatic rings. The Kier molecular flexibility index (Phi) is 3.73. The van der Waals surface area contributed by atoms with E-state index in [0.717, 1.165) is 15.7 Å². The van der Waals surface area contributed by atoms with E-state index in [2.05, 4.69) is 33.1 Å². The van der Waals surface area contributed by atoms with Gasteiger partial charge in [0, 0.05) is 10.2 Å². The molecule has 0 unspecified atom stereocenters. The molecule has 0 heterocycles. The van der Waals surface area contributed by atoms with E-state index in [1.54, 1.807) is 6.92 Å². The second-order valence-corrected chi connectivity index (χ2v) is 3.70. The largest absolute Gasteiger partial charge is 0.315 e. The van der Waals surface area contributed by atoms with Crippen LogP contribution in [-0.4, -0.2) is 5.91 Å². The third kappa shape index (κ3) is 2.90. The first-order chi connectivity index (χ1) is 6.63. The van der Waals surface area contributed by atoms with Crippen molar-refractivity contribution in [2.75, 3.05) is 5.32 Å². The molecular weight excluding hydrogens is 242 g/mol. The van der Waals surface area contributed by atoms with Crippen LogP contribution in [0.25, 0.3) is 0 Å². The van der Waals surface area contributed by atoms with Gasteiger partial charge in [-0.1, -0.05) is 21.9 Å². The van der Waals surface area contributed by atoms with Crippen molar-refractivity contribution < 1.29 is 4.79 Å². The minimum Gasteiger partial charge on any atom is -0.315 e. The molecule has 1 N–H and O–H groups in total. The zero-order valence-electron chi connectivity index (χ0n) is 8.02. The molecule has 0 bridgehead atoms. The summed E-state index contributed by atoms with van der Waals surface area (Å²) in [5.74, 6) is 4.69. The van der Waals surface area contributed by atoms with Crippen molar-refractivity contribution in [3.8, 4) is 11.8 Å². The molecule has 3 heteroatoms. The number of hydrogen-bond acceptors (Lipinski definition) is 1. The summed E-state index contributed by atoms with van der Waals surface area (Å²) in [5.41, 5.74) is 1.80. The molecule has 1 aromatic rings. The van der Waals surface area contributed by atoms with Gasteiger partial charge >= 0.3 is 0 Å². The molecule has 72 valence electrons. The van der Waals surface area contributed by atoms with Gasteiger partial charge in [-0.25, -0.2) is 0 Å². The lowest BCUT2D eigenvalue weighted by Gasteiger charge is -2.05. The van der Waals surface area contributed by atoms with Gasteiger partial charge in [0.15, 0.2) is 0 Å². The van der Waals surface area contributed by atoms with Crippen molar-refractivity contribution in [3.63, 3.8) is 0 Å². The normalized spacial score (nSPS) is 8.79. The van der Waals surface area contributed by atoms with Gasteiger partial charge in [-0.15, -0.1) is 0 Å². The summed E-state index contributed by atoms with van der Waals surface area (Å²) in [6, 6.07) is 5.66. The third-order valence-corrected chi connectivity index (χ3v) is 2.17. The Labute approximate surface area is 91.8 Å². The molecule has 0 spiro atoms. The smallest absolute Gasteiger partial charge is 0.300 e. The van der Waals surface area contributed by atoms with Crippen LogP contribution in [-0.2, 0) is 4.79 Å². The molecule has 0 saturated carbocycles. The van der Waals surface area contributed by atoms with Crippen LogP contribution in [0.15, 0.2) is 22.7 Å². The fraction of sp³-hybridized carbons (Fsp3) is 0.182. The molecule has 0 atom stereocenters. The van der Waals surface area contributed by atoms with Gasteiger partial charge in [-0.3, -0.25) is 4.79 Å².